The van der Waals surface area contributed by atoms with Crippen LogP contribution in [-0.4, -0.2) is 30.2 Å². The maximum Gasteiger partial charge on any atom is 0.166 e. The lowest BCUT2D eigenvalue weighted by Crippen LogP contribution is -2.16. The fourth-order valence-electron chi connectivity index (χ4n) is 3.49. The molecule has 2 N–H and O–H groups in total. The molecular formula is C16H20N6. The summed E-state index contributed by atoms with van der Waals surface area (Å²) in [4.78, 5) is 9.22. The minimum absolute atomic E-state index is 0.298. The standard InChI is InChI=1S/C16H20N6/c1-10-7-11(2)22-16(20-10)14(9-19-22)15-18-5-6-21(15)13-4-3-12(17)8-13/h5-7,9,12-13H,3-4,8,17H2,1-2H3/t12-,13+/m0/s1. The van der Waals surface area contributed by atoms with Gasteiger partial charge in [0.2, 0.25) is 0 Å². The average Bonchev–Trinajstić information content (AvgIpc) is 3.15. The fraction of sp³-hybridized carbons (Fsp3) is 0.438. The van der Waals surface area contributed by atoms with Crippen molar-refractivity contribution in [2.24, 2.45) is 5.73 Å². The number of hydrogen-bond donors (Lipinski definition) is 1. The van der Waals surface area contributed by atoms with E-state index in [-0.39, 0.29) is 0 Å². The van der Waals surface area contributed by atoms with Gasteiger partial charge in [-0.1, -0.05) is 0 Å². The fourth-order valence-corrected chi connectivity index (χ4v) is 3.49. The van der Waals surface area contributed by atoms with Gasteiger partial charge in [-0.3, -0.25) is 0 Å². The van der Waals surface area contributed by atoms with Gasteiger partial charge in [-0.05, 0) is 39.2 Å². The van der Waals surface area contributed by atoms with Crippen molar-refractivity contribution in [2.75, 3.05) is 0 Å². The Kier molecular flexibility index (Phi) is 3.00. The summed E-state index contributed by atoms with van der Waals surface area (Å²) >= 11 is 0. The third kappa shape index (κ3) is 2.02. The predicted octanol–water partition coefficient (Wildman–Crippen LogP) is 2.26. The first-order chi connectivity index (χ1) is 10.6. The Morgan fingerprint density at radius 1 is 1.27 bits per heavy atom. The molecule has 0 unspecified atom stereocenters. The quantitative estimate of drug-likeness (QED) is 0.787. The summed E-state index contributed by atoms with van der Waals surface area (Å²) in [6.07, 6.45) is 8.95. The molecule has 0 aliphatic heterocycles. The number of hydrogen-bond acceptors (Lipinski definition) is 4. The summed E-state index contributed by atoms with van der Waals surface area (Å²) in [7, 11) is 0. The topological polar surface area (TPSA) is 74.0 Å². The van der Waals surface area contributed by atoms with E-state index in [1.54, 1.807) is 0 Å². The van der Waals surface area contributed by atoms with Crippen molar-refractivity contribution in [3.8, 4) is 11.4 Å². The summed E-state index contributed by atoms with van der Waals surface area (Å²) < 4.78 is 4.12. The molecule has 1 aliphatic carbocycles. The lowest BCUT2D eigenvalue weighted by atomic mass is 10.2. The minimum atomic E-state index is 0.298. The molecule has 1 aliphatic rings. The molecule has 6 heteroatoms. The van der Waals surface area contributed by atoms with Crippen LogP contribution in [0.5, 0.6) is 0 Å². The Hall–Kier alpha value is -2.21. The molecule has 0 radical (unpaired) electrons. The van der Waals surface area contributed by atoms with Crippen LogP contribution >= 0.6 is 0 Å². The molecule has 1 saturated carbocycles. The molecule has 1 fully saturated rings. The average molecular weight is 296 g/mol. The number of aromatic nitrogens is 5. The highest BCUT2D eigenvalue weighted by molar-refractivity contribution is 5.72. The van der Waals surface area contributed by atoms with Gasteiger partial charge in [0.1, 0.15) is 5.82 Å². The van der Waals surface area contributed by atoms with Gasteiger partial charge < -0.3 is 10.3 Å². The Bertz CT molecular complexity index is 830. The van der Waals surface area contributed by atoms with Crippen molar-refractivity contribution in [1.29, 1.82) is 0 Å². The second-order valence-corrected chi connectivity index (χ2v) is 6.22. The zero-order chi connectivity index (χ0) is 15.3. The van der Waals surface area contributed by atoms with Crippen LogP contribution in [-0.2, 0) is 0 Å². The van der Waals surface area contributed by atoms with Crippen LogP contribution in [0.4, 0.5) is 0 Å². The molecule has 3 aromatic rings. The molecule has 6 nitrogen and oxygen atoms in total. The molecule has 3 heterocycles. The molecule has 0 saturated heterocycles. The number of imidazole rings is 1. The Balaban J connectivity index is 1.85. The van der Waals surface area contributed by atoms with E-state index < -0.39 is 0 Å². The summed E-state index contributed by atoms with van der Waals surface area (Å²) in [5, 5.41) is 4.47. The van der Waals surface area contributed by atoms with Gasteiger partial charge in [0.05, 0.1) is 11.8 Å². The molecule has 0 spiro atoms. The third-order valence-corrected chi connectivity index (χ3v) is 4.53. The maximum atomic E-state index is 6.07. The van der Waals surface area contributed by atoms with Crippen molar-refractivity contribution < 1.29 is 0 Å². The number of fused-ring (bicyclic) bond motifs is 1. The predicted molar refractivity (Wildman–Crippen MR) is 84.5 cm³/mol. The van der Waals surface area contributed by atoms with Gasteiger partial charge in [0, 0.05) is 35.9 Å². The van der Waals surface area contributed by atoms with Crippen LogP contribution in [0.1, 0.15) is 36.7 Å². The van der Waals surface area contributed by atoms with Gasteiger partial charge in [-0.2, -0.15) is 5.10 Å². The Morgan fingerprint density at radius 3 is 2.91 bits per heavy atom. The largest absolute Gasteiger partial charge is 0.328 e. The highest BCUT2D eigenvalue weighted by atomic mass is 15.3. The van der Waals surface area contributed by atoms with Gasteiger partial charge in [0.15, 0.2) is 5.65 Å². The Morgan fingerprint density at radius 2 is 2.14 bits per heavy atom. The van der Waals surface area contributed by atoms with Crippen LogP contribution in [0.2, 0.25) is 0 Å². The highest BCUT2D eigenvalue weighted by Gasteiger charge is 2.26. The minimum Gasteiger partial charge on any atom is -0.328 e. The van der Waals surface area contributed by atoms with Crippen molar-refractivity contribution in [3.05, 3.63) is 36.0 Å². The first-order valence-corrected chi connectivity index (χ1v) is 7.74. The molecule has 4 rings (SSSR count). The van der Waals surface area contributed by atoms with E-state index in [9.17, 15) is 0 Å². The van der Waals surface area contributed by atoms with Gasteiger partial charge in [0.25, 0.3) is 0 Å². The van der Waals surface area contributed by atoms with E-state index in [2.05, 4.69) is 19.6 Å². The molecular weight excluding hydrogens is 276 g/mol. The molecule has 0 aromatic carbocycles. The van der Waals surface area contributed by atoms with Crippen molar-refractivity contribution >= 4 is 5.65 Å². The smallest absolute Gasteiger partial charge is 0.166 e. The van der Waals surface area contributed by atoms with E-state index in [1.807, 2.05) is 43.0 Å². The van der Waals surface area contributed by atoms with E-state index in [0.717, 1.165) is 47.7 Å². The molecule has 0 bridgehead atoms. The lowest BCUT2D eigenvalue weighted by molar-refractivity contribution is 0.515. The lowest BCUT2D eigenvalue weighted by Gasteiger charge is -2.14. The number of aryl methyl sites for hydroxylation is 2. The molecule has 2 atom stereocenters. The van der Waals surface area contributed by atoms with Crippen LogP contribution in [0, 0.1) is 13.8 Å². The van der Waals surface area contributed by atoms with Crippen molar-refractivity contribution in [1.82, 2.24) is 24.1 Å². The van der Waals surface area contributed by atoms with Crippen LogP contribution in [0.15, 0.2) is 24.7 Å². The van der Waals surface area contributed by atoms with Crippen LogP contribution in [0.25, 0.3) is 17.0 Å². The number of nitrogens with two attached hydrogens (primary N) is 1. The third-order valence-electron chi connectivity index (χ3n) is 4.53. The van der Waals surface area contributed by atoms with Gasteiger partial charge in [-0.15, -0.1) is 0 Å². The summed E-state index contributed by atoms with van der Waals surface area (Å²) in [5.41, 5.74) is 9.99. The molecule has 114 valence electrons. The monoisotopic (exact) mass is 296 g/mol. The van der Waals surface area contributed by atoms with E-state index in [0.29, 0.717) is 12.1 Å². The molecule has 3 aromatic heterocycles. The van der Waals surface area contributed by atoms with Crippen molar-refractivity contribution in [3.63, 3.8) is 0 Å². The van der Waals surface area contributed by atoms with Crippen LogP contribution < -0.4 is 5.73 Å². The zero-order valence-electron chi connectivity index (χ0n) is 12.9. The maximum absolute atomic E-state index is 6.07. The number of nitrogens with zero attached hydrogens (tertiary/aromatic N) is 5. The van der Waals surface area contributed by atoms with Crippen molar-refractivity contribution in [2.45, 2.75) is 45.2 Å². The first kappa shape index (κ1) is 13.5. The van der Waals surface area contributed by atoms with Gasteiger partial charge in [-0.25, -0.2) is 14.5 Å². The SMILES string of the molecule is Cc1cc(C)n2ncc(-c3nccn3[C@@H]3CC[C@H](N)C3)c2n1. The van der Waals surface area contributed by atoms with E-state index >= 15 is 0 Å². The van der Waals surface area contributed by atoms with Crippen LogP contribution in [0.3, 0.4) is 0 Å². The summed E-state index contributed by atoms with van der Waals surface area (Å²) in [5.74, 6) is 0.937. The molecule has 0 amide bonds. The highest BCUT2D eigenvalue weighted by Crippen LogP contribution is 2.33. The zero-order valence-corrected chi connectivity index (χ0v) is 12.9. The summed E-state index contributed by atoms with van der Waals surface area (Å²) in [6.45, 7) is 4.05. The van der Waals surface area contributed by atoms with Gasteiger partial charge >= 0.3 is 0 Å². The Labute approximate surface area is 129 Å². The summed E-state index contributed by atoms with van der Waals surface area (Å²) in [6, 6.07) is 2.76. The second-order valence-electron chi connectivity index (χ2n) is 6.22. The second kappa shape index (κ2) is 4.91. The van der Waals surface area contributed by atoms with E-state index in [4.69, 9.17) is 5.73 Å². The normalized spacial score (nSPS) is 21.8. The number of rotatable bonds is 2. The first-order valence-electron chi connectivity index (χ1n) is 7.74. The molecule has 22 heavy (non-hydrogen) atoms. The van der Waals surface area contributed by atoms with E-state index in [1.165, 1.54) is 0 Å².